The van der Waals surface area contributed by atoms with Crippen molar-refractivity contribution in [1.82, 2.24) is 9.80 Å². The van der Waals surface area contributed by atoms with Gasteiger partial charge in [0.15, 0.2) is 0 Å². The van der Waals surface area contributed by atoms with Crippen LogP contribution in [-0.2, 0) is 6.54 Å². The van der Waals surface area contributed by atoms with Crippen molar-refractivity contribution in [2.24, 2.45) is 5.73 Å². The minimum absolute atomic E-state index is 0.340. The zero-order valence-corrected chi connectivity index (χ0v) is 13.6. The molecule has 0 bridgehead atoms. The minimum atomic E-state index is 0.340. The standard InChI is InChI=1S/C17H29N3O/c1-4-19(5-2)9-6-10-20-13-14-7-8-15(21-3)11-16(14)17(20)12-18/h7-8,11,17H,4-6,9-10,12-13,18H2,1-3H3. The highest BCUT2D eigenvalue weighted by molar-refractivity contribution is 5.40. The third kappa shape index (κ3) is 3.76. The maximum atomic E-state index is 6.02. The number of hydrogen-bond donors (Lipinski definition) is 1. The fourth-order valence-electron chi connectivity index (χ4n) is 3.23. The Balaban J connectivity index is 1.96. The van der Waals surface area contributed by atoms with E-state index in [4.69, 9.17) is 10.5 Å². The van der Waals surface area contributed by atoms with Crippen LogP contribution in [-0.4, -0.2) is 49.6 Å². The van der Waals surface area contributed by atoms with Gasteiger partial charge in [0.1, 0.15) is 5.75 Å². The van der Waals surface area contributed by atoms with Gasteiger partial charge in [-0.1, -0.05) is 19.9 Å². The molecule has 21 heavy (non-hydrogen) atoms. The number of fused-ring (bicyclic) bond motifs is 1. The fourth-order valence-corrected chi connectivity index (χ4v) is 3.23. The second kappa shape index (κ2) is 7.78. The molecule has 0 aromatic heterocycles. The molecule has 2 N–H and O–H groups in total. The highest BCUT2D eigenvalue weighted by Crippen LogP contribution is 2.35. The van der Waals surface area contributed by atoms with Crippen LogP contribution < -0.4 is 10.5 Å². The van der Waals surface area contributed by atoms with E-state index in [1.807, 2.05) is 6.07 Å². The van der Waals surface area contributed by atoms with Crippen molar-refractivity contribution < 1.29 is 4.74 Å². The maximum absolute atomic E-state index is 6.02. The molecule has 4 nitrogen and oxygen atoms in total. The predicted molar refractivity (Wildman–Crippen MR) is 87.6 cm³/mol. The summed E-state index contributed by atoms with van der Waals surface area (Å²) < 4.78 is 5.34. The molecular weight excluding hydrogens is 262 g/mol. The Kier molecular flexibility index (Phi) is 6.03. The smallest absolute Gasteiger partial charge is 0.119 e. The summed E-state index contributed by atoms with van der Waals surface area (Å²) >= 11 is 0. The predicted octanol–water partition coefficient (Wildman–Crippen LogP) is 2.24. The van der Waals surface area contributed by atoms with E-state index in [1.54, 1.807) is 7.11 Å². The molecule has 1 aliphatic rings. The highest BCUT2D eigenvalue weighted by Gasteiger charge is 2.28. The molecule has 1 aromatic carbocycles. The normalized spacial score (nSPS) is 18.2. The van der Waals surface area contributed by atoms with Crippen LogP contribution in [0.5, 0.6) is 5.75 Å². The Morgan fingerprint density at radius 3 is 2.71 bits per heavy atom. The largest absolute Gasteiger partial charge is 0.497 e. The van der Waals surface area contributed by atoms with Crippen molar-refractivity contribution in [2.45, 2.75) is 32.9 Å². The summed E-state index contributed by atoms with van der Waals surface area (Å²) in [5.41, 5.74) is 8.77. The molecule has 1 heterocycles. The van der Waals surface area contributed by atoms with Crippen LogP contribution >= 0.6 is 0 Å². The average Bonchev–Trinajstić information content (AvgIpc) is 2.87. The number of nitrogens with zero attached hydrogens (tertiary/aromatic N) is 2. The molecule has 118 valence electrons. The quantitative estimate of drug-likeness (QED) is 0.797. The van der Waals surface area contributed by atoms with Gasteiger partial charge in [0.05, 0.1) is 7.11 Å². The van der Waals surface area contributed by atoms with E-state index in [0.717, 1.165) is 31.9 Å². The molecule has 2 rings (SSSR count). The van der Waals surface area contributed by atoms with Crippen LogP contribution in [0.1, 0.15) is 37.4 Å². The van der Waals surface area contributed by atoms with Gasteiger partial charge >= 0.3 is 0 Å². The monoisotopic (exact) mass is 291 g/mol. The molecule has 0 aliphatic carbocycles. The lowest BCUT2D eigenvalue weighted by molar-refractivity contribution is 0.199. The van der Waals surface area contributed by atoms with Crippen molar-refractivity contribution in [3.8, 4) is 5.75 Å². The molecule has 1 aromatic rings. The summed E-state index contributed by atoms with van der Waals surface area (Å²) in [7, 11) is 1.72. The van der Waals surface area contributed by atoms with Crippen LogP contribution in [0.4, 0.5) is 0 Å². The number of benzene rings is 1. The summed E-state index contributed by atoms with van der Waals surface area (Å²) in [6, 6.07) is 6.72. The minimum Gasteiger partial charge on any atom is -0.497 e. The Labute approximate surface area is 128 Å². The molecule has 0 saturated carbocycles. The lowest BCUT2D eigenvalue weighted by Crippen LogP contribution is -2.32. The third-order valence-corrected chi connectivity index (χ3v) is 4.56. The van der Waals surface area contributed by atoms with E-state index in [9.17, 15) is 0 Å². The zero-order chi connectivity index (χ0) is 15.2. The van der Waals surface area contributed by atoms with Crippen LogP contribution in [0, 0.1) is 0 Å². The molecule has 0 amide bonds. The van der Waals surface area contributed by atoms with Crippen LogP contribution in [0.25, 0.3) is 0 Å². The van der Waals surface area contributed by atoms with E-state index < -0.39 is 0 Å². The Bertz CT molecular complexity index is 446. The Morgan fingerprint density at radius 2 is 2.10 bits per heavy atom. The van der Waals surface area contributed by atoms with Crippen molar-refractivity contribution in [2.75, 3.05) is 39.8 Å². The van der Waals surface area contributed by atoms with Gasteiger partial charge < -0.3 is 15.4 Å². The molecule has 1 unspecified atom stereocenters. The first-order chi connectivity index (χ1) is 10.2. The molecule has 0 fully saturated rings. The van der Waals surface area contributed by atoms with Gasteiger partial charge in [-0.15, -0.1) is 0 Å². The van der Waals surface area contributed by atoms with Crippen molar-refractivity contribution >= 4 is 0 Å². The Morgan fingerprint density at radius 1 is 1.33 bits per heavy atom. The third-order valence-electron chi connectivity index (χ3n) is 4.56. The molecule has 1 aliphatic heterocycles. The number of ether oxygens (including phenoxy) is 1. The van der Waals surface area contributed by atoms with Gasteiger partial charge in [-0.3, -0.25) is 4.90 Å². The van der Waals surface area contributed by atoms with E-state index in [1.165, 1.54) is 24.1 Å². The van der Waals surface area contributed by atoms with Crippen molar-refractivity contribution in [1.29, 1.82) is 0 Å². The van der Waals surface area contributed by atoms with Crippen LogP contribution in [0.3, 0.4) is 0 Å². The topological polar surface area (TPSA) is 41.7 Å². The zero-order valence-electron chi connectivity index (χ0n) is 13.6. The second-order valence-electron chi connectivity index (χ2n) is 5.67. The summed E-state index contributed by atoms with van der Waals surface area (Å²) in [6.45, 7) is 10.7. The molecule has 0 radical (unpaired) electrons. The summed E-state index contributed by atoms with van der Waals surface area (Å²) in [6.07, 6.45) is 1.20. The van der Waals surface area contributed by atoms with Crippen LogP contribution in [0.2, 0.25) is 0 Å². The van der Waals surface area contributed by atoms with Gasteiger partial charge in [-0.25, -0.2) is 0 Å². The van der Waals surface area contributed by atoms with Crippen LogP contribution in [0.15, 0.2) is 18.2 Å². The lowest BCUT2D eigenvalue weighted by Gasteiger charge is -2.25. The number of hydrogen-bond acceptors (Lipinski definition) is 4. The first-order valence-corrected chi connectivity index (χ1v) is 8.06. The summed E-state index contributed by atoms with van der Waals surface area (Å²) in [4.78, 5) is 4.98. The number of rotatable bonds is 8. The van der Waals surface area contributed by atoms with Gasteiger partial charge in [0.2, 0.25) is 0 Å². The fraction of sp³-hybridized carbons (Fsp3) is 0.647. The molecule has 0 spiro atoms. The van der Waals surface area contributed by atoms with Crippen molar-refractivity contribution in [3.63, 3.8) is 0 Å². The molecule has 1 atom stereocenters. The van der Waals surface area contributed by atoms with Gasteiger partial charge in [-0.2, -0.15) is 0 Å². The van der Waals surface area contributed by atoms with Crippen molar-refractivity contribution in [3.05, 3.63) is 29.3 Å². The average molecular weight is 291 g/mol. The second-order valence-corrected chi connectivity index (χ2v) is 5.67. The highest BCUT2D eigenvalue weighted by atomic mass is 16.5. The van der Waals surface area contributed by atoms with E-state index in [-0.39, 0.29) is 0 Å². The van der Waals surface area contributed by atoms with Gasteiger partial charge in [0, 0.05) is 25.7 Å². The Hall–Kier alpha value is -1.10. The first-order valence-electron chi connectivity index (χ1n) is 8.06. The number of methoxy groups -OCH3 is 1. The summed E-state index contributed by atoms with van der Waals surface area (Å²) in [5, 5.41) is 0. The van der Waals surface area contributed by atoms with E-state index in [2.05, 4.69) is 35.8 Å². The SMILES string of the molecule is CCN(CC)CCCN1Cc2ccc(OC)cc2C1CN. The molecule has 4 heteroatoms. The molecular formula is C17H29N3O. The molecule has 0 saturated heterocycles. The number of nitrogens with two attached hydrogens (primary N) is 1. The van der Waals surface area contributed by atoms with E-state index >= 15 is 0 Å². The first kappa shape index (κ1) is 16.3. The maximum Gasteiger partial charge on any atom is 0.119 e. The van der Waals surface area contributed by atoms with Gasteiger partial charge in [-0.05, 0) is 49.3 Å². The summed E-state index contributed by atoms with van der Waals surface area (Å²) in [5.74, 6) is 0.928. The lowest BCUT2D eigenvalue weighted by atomic mass is 10.0. The van der Waals surface area contributed by atoms with Gasteiger partial charge in [0.25, 0.3) is 0 Å². The van der Waals surface area contributed by atoms with E-state index in [0.29, 0.717) is 12.6 Å².